The molecule has 1 aromatic heterocycles. The average Bonchev–Trinajstić information content (AvgIpc) is 2.15. The molecule has 0 amide bonds. The molecule has 1 aromatic carbocycles. The van der Waals surface area contributed by atoms with Gasteiger partial charge in [0.25, 0.3) is 10.1 Å². The Morgan fingerprint density at radius 3 is 2.53 bits per heavy atom. The average molecular weight is 226 g/mol. The summed E-state index contributed by atoms with van der Waals surface area (Å²) in [5.74, 6) is 0. The van der Waals surface area contributed by atoms with E-state index in [1.165, 1.54) is 30.3 Å². The summed E-state index contributed by atoms with van der Waals surface area (Å²) >= 11 is 0. The van der Waals surface area contributed by atoms with Gasteiger partial charge in [-0.1, -0.05) is 0 Å². The molecule has 0 bridgehead atoms. The van der Waals surface area contributed by atoms with Gasteiger partial charge in [-0.2, -0.15) is 8.42 Å². The number of benzene rings is 1. The third-order valence-corrected chi connectivity index (χ3v) is 2.74. The van der Waals surface area contributed by atoms with Crippen LogP contribution in [-0.4, -0.2) is 13.0 Å². The molecule has 1 heterocycles. The van der Waals surface area contributed by atoms with Crippen LogP contribution >= 0.6 is 0 Å². The molecule has 0 aliphatic rings. The molecule has 0 aliphatic carbocycles. The van der Waals surface area contributed by atoms with Crippen LogP contribution in [0.2, 0.25) is 0 Å². The largest absolute Gasteiger partial charge is 0.423 e. The molecule has 2 aromatic rings. The first-order valence-electron chi connectivity index (χ1n) is 3.98. The van der Waals surface area contributed by atoms with Crippen molar-refractivity contribution in [2.24, 2.45) is 0 Å². The van der Waals surface area contributed by atoms with Crippen molar-refractivity contribution in [3.8, 4) is 0 Å². The van der Waals surface area contributed by atoms with Crippen molar-refractivity contribution in [3.05, 3.63) is 40.8 Å². The van der Waals surface area contributed by atoms with Gasteiger partial charge in [-0.25, -0.2) is 4.79 Å². The van der Waals surface area contributed by atoms with Crippen LogP contribution < -0.4 is 5.63 Å². The zero-order valence-electron chi connectivity index (χ0n) is 7.38. The molecule has 2 rings (SSSR count). The van der Waals surface area contributed by atoms with Crippen molar-refractivity contribution in [1.29, 1.82) is 0 Å². The molecule has 1 N–H and O–H groups in total. The first-order chi connectivity index (χ1) is 6.97. The molecule has 0 fully saturated rings. The van der Waals surface area contributed by atoms with Crippen molar-refractivity contribution in [1.82, 2.24) is 0 Å². The number of fused-ring (bicyclic) bond motifs is 1. The minimum absolute atomic E-state index is 0.233. The van der Waals surface area contributed by atoms with E-state index in [1.807, 2.05) is 0 Å². The van der Waals surface area contributed by atoms with E-state index in [1.54, 1.807) is 0 Å². The monoisotopic (exact) mass is 226 g/mol. The molecule has 78 valence electrons. The SMILES string of the molecule is O=c1ccc2cc(S(=O)(=O)O)ccc2o1. The molecule has 0 aliphatic heterocycles. The van der Waals surface area contributed by atoms with Crippen LogP contribution in [0.3, 0.4) is 0 Å². The van der Waals surface area contributed by atoms with Gasteiger partial charge < -0.3 is 4.42 Å². The smallest absolute Gasteiger partial charge is 0.336 e. The molecular weight excluding hydrogens is 220 g/mol. The summed E-state index contributed by atoms with van der Waals surface area (Å²) in [7, 11) is -4.22. The lowest BCUT2D eigenvalue weighted by Crippen LogP contribution is -1.99. The quantitative estimate of drug-likeness (QED) is 0.580. The molecule has 0 spiro atoms. The van der Waals surface area contributed by atoms with Gasteiger partial charge in [0.2, 0.25) is 0 Å². The Hall–Kier alpha value is -1.66. The summed E-state index contributed by atoms with van der Waals surface area (Å²) in [5, 5.41) is 0.435. The molecule has 0 saturated heterocycles. The van der Waals surface area contributed by atoms with Crippen LogP contribution in [0.4, 0.5) is 0 Å². The second-order valence-corrected chi connectivity index (χ2v) is 4.35. The van der Waals surface area contributed by atoms with Gasteiger partial charge in [0, 0.05) is 11.5 Å². The normalized spacial score (nSPS) is 11.8. The summed E-state index contributed by atoms with van der Waals surface area (Å²) in [4.78, 5) is 10.6. The molecular formula is C9H6O5S. The van der Waals surface area contributed by atoms with Gasteiger partial charge >= 0.3 is 5.63 Å². The first kappa shape index (κ1) is 9.88. The summed E-state index contributed by atoms with van der Waals surface area (Å²) in [6, 6.07) is 6.32. The maximum Gasteiger partial charge on any atom is 0.336 e. The van der Waals surface area contributed by atoms with Crippen LogP contribution in [0.1, 0.15) is 0 Å². The van der Waals surface area contributed by atoms with Crippen molar-refractivity contribution in [2.45, 2.75) is 4.90 Å². The first-order valence-corrected chi connectivity index (χ1v) is 5.42. The van der Waals surface area contributed by atoms with E-state index in [4.69, 9.17) is 8.97 Å². The molecule has 6 heteroatoms. The van der Waals surface area contributed by atoms with Gasteiger partial charge in [-0.3, -0.25) is 4.55 Å². The standard InChI is InChI=1S/C9H6O5S/c10-9-4-1-6-5-7(15(11,12)13)2-3-8(6)14-9/h1-5H,(H,11,12,13). The van der Waals surface area contributed by atoms with E-state index in [-0.39, 0.29) is 10.5 Å². The van der Waals surface area contributed by atoms with E-state index in [0.717, 1.165) is 0 Å². The highest BCUT2D eigenvalue weighted by molar-refractivity contribution is 7.85. The van der Waals surface area contributed by atoms with Crippen LogP contribution in [-0.2, 0) is 10.1 Å². The van der Waals surface area contributed by atoms with E-state index >= 15 is 0 Å². The van der Waals surface area contributed by atoms with Gasteiger partial charge in [0.1, 0.15) is 5.58 Å². The number of hydrogen-bond acceptors (Lipinski definition) is 4. The molecule has 5 nitrogen and oxygen atoms in total. The molecule has 0 radical (unpaired) electrons. The van der Waals surface area contributed by atoms with Crippen molar-refractivity contribution in [3.63, 3.8) is 0 Å². The highest BCUT2D eigenvalue weighted by atomic mass is 32.2. The van der Waals surface area contributed by atoms with Crippen molar-refractivity contribution >= 4 is 21.1 Å². The Morgan fingerprint density at radius 1 is 1.13 bits per heavy atom. The van der Waals surface area contributed by atoms with Crippen LogP contribution in [0.25, 0.3) is 11.0 Å². The second kappa shape index (κ2) is 3.18. The molecule has 0 unspecified atom stereocenters. The van der Waals surface area contributed by atoms with Gasteiger partial charge in [0.05, 0.1) is 4.90 Å². The Bertz CT molecular complexity index is 668. The van der Waals surface area contributed by atoms with Crippen LogP contribution in [0.15, 0.2) is 44.4 Å². The summed E-state index contributed by atoms with van der Waals surface area (Å²) < 4.78 is 35.2. The van der Waals surface area contributed by atoms with E-state index in [2.05, 4.69) is 0 Å². The van der Waals surface area contributed by atoms with E-state index in [0.29, 0.717) is 5.39 Å². The minimum atomic E-state index is -4.22. The fourth-order valence-corrected chi connectivity index (χ4v) is 1.73. The fourth-order valence-electron chi connectivity index (χ4n) is 1.21. The summed E-state index contributed by atoms with van der Waals surface area (Å²) in [5.41, 5.74) is -0.239. The maximum atomic E-state index is 10.8. The van der Waals surface area contributed by atoms with Crippen LogP contribution in [0, 0.1) is 0 Å². The zero-order valence-corrected chi connectivity index (χ0v) is 8.19. The van der Waals surface area contributed by atoms with E-state index < -0.39 is 15.7 Å². The molecule has 0 atom stereocenters. The summed E-state index contributed by atoms with van der Waals surface area (Å²) in [6.07, 6.45) is 0. The lowest BCUT2D eigenvalue weighted by molar-refractivity contribution is 0.483. The number of hydrogen-bond donors (Lipinski definition) is 1. The van der Waals surface area contributed by atoms with Gasteiger partial charge in [-0.05, 0) is 24.3 Å². The Labute approximate surface area is 84.7 Å². The second-order valence-electron chi connectivity index (χ2n) is 2.93. The van der Waals surface area contributed by atoms with Crippen molar-refractivity contribution in [2.75, 3.05) is 0 Å². The number of rotatable bonds is 1. The minimum Gasteiger partial charge on any atom is -0.423 e. The lowest BCUT2D eigenvalue weighted by atomic mass is 10.2. The highest BCUT2D eigenvalue weighted by Gasteiger charge is 2.10. The topological polar surface area (TPSA) is 84.6 Å². The maximum absolute atomic E-state index is 10.8. The molecule has 15 heavy (non-hydrogen) atoms. The predicted molar refractivity (Wildman–Crippen MR) is 52.3 cm³/mol. The zero-order chi connectivity index (χ0) is 11.1. The van der Waals surface area contributed by atoms with Crippen molar-refractivity contribution < 1.29 is 17.4 Å². The Balaban J connectivity index is 2.78. The van der Waals surface area contributed by atoms with Gasteiger partial charge in [0.15, 0.2) is 0 Å². The lowest BCUT2D eigenvalue weighted by Gasteiger charge is -1.98. The third kappa shape index (κ3) is 1.90. The molecule has 0 saturated carbocycles. The Kier molecular flexibility index (Phi) is 2.09. The summed E-state index contributed by atoms with van der Waals surface area (Å²) in [6.45, 7) is 0. The third-order valence-electron chi connectivity index (χ3n) is 1.89. The fraction of sp³-hybridized carbons (Fsp3) is 0. The highest BCUT2D eigenvalue weighted by Crippen LogP contribution is 2.17. The van der Waals surface area contributed by atoms with Gasteiger partial charge in [-0.15, -0.1) is 0 Å². The predicted octanol–water partition coefficient (Wildman–Crippen LogP) is 1.04. The van der Waals surface area contributed by atoms with Crippen LogP contribution in [0.5, 0.6) is 0 Å². The van der Waals surface area contributed by atoms with E-state index in [9.17, 15) is 13.2 Å². The Morgan fingerprint density at radius 2 is 1.87 bits per heavy atom.